The van der Waals surface area contributed by atoms with Gasteiger partial charge in [0.25, 0.3) is 0 Å². The van der Waals surface area contributed by atoms with Gasteiger partial charge in [0.1, 0.15) is 11.5 Å². The van der Waals surface area contributed by atoms with Crippen LogP contribution in [-0.2, 0) is 20.1 Å². The van der Waals surface area contributed by atoms with Gasteiger partial charge in [-0.1, -0.05) is 85.0 Å². The van der Waals surface area contributed by atoms with Crippen molar-refractivity contribution in [3.8, 4) is 45.5 Å². The second-order valence-electron chi connectivity index (χ2n) is 11.1. The van der Waals surface area contributed by atoms with Crippen LogP contribution >= 0.6 is 0 Å². The van der Waals surface area contributed by atoms with Gasteiger partial charge in [0, 0.05) is 44.0 Å². The summed E-state index contributed by atoms with van der Waals surface area (Å²) in [6.07, 6.45) is 3.74. The number of nitrogens with zero attached hydrogens (tertiary/aromatic N) is 2. The Hall–Kier alpha value is -4.51. The largest absolute Gasteiger partial charge is 0.503 e. The molecule has 6 aromatic rings. The van der Waals surface area contributed by atoms with Gasteiger partial charge in [0.15, 0.2) is 0 Å². The fraction of sp³-hybridized carbons (Fsp3) is 0.105. The molecular weight excluding hydrogens is 719 g/mol. The van der Waals surface area contributed by atoms with Crippen LogP contribution in [0.25, 0.3) is 22.5 Å². The molecule has 2 aliphatic heterocycles. The van der Waals surface area contributed by atoms with Crippen LogP contribution in [0.1, 0.15) is 30.9 Å². The van der Waals surface area contributed by atoms with Gasteiger partial charge in [-0.25, -0.2) is 0 Å². The third-order valence-electron chi connectivity index (χ3n) is 7.87. The molecule has 0 atom stereocenters. The minimum atomic E-state index is 0. The number of pyridine rings is 2. The van der Waals surface area contributed by atoms with Crippen LogP contribution in [0, 0.1) is 19.1 Å². The molecular formula is C38H29BIrN2O2-2. The first kappa shape index (κ1) is 29.6. The molecule has 0 spiro atoms. The molecule has 0 fully saturated rings. The molecule has 4 nitrogen and oxygen atoms in total. The third-order valence-corrected chi connectivity index (χ3v) is 7.87. The molecule has 0 aliphatic carbocycles. The standard InChI is InChI=1S/C26H19BNO2.C12H10N.Ir/c1-16(2)17-13-14-28-21(15-17)18-11-12-24-25-26(18)30-23-10-6-4-8-20(23)27(25)19-7-3-5-9-22(19)29-24;1-10-7-8-12(13-9-10)11-5-3-2-4-6-11;/h3-10,12-16H,1-2H3;2-5,7-9H,1H3;/q2*-1;. The van der Waals surface area contributed by atoms with Crippen molar-refractivity contribution < 1.29 is 29.6 Å². The van der Waals surface area contributed by atoms with Crippen LogP contribution in [0.2, 0.25) is 0 Å². The second-order valence-corrected chi connectivity index (χ2v) is 11.1. The summed E-state index contributed by atoms with van der Waals surface area (Å²) in [7, 11) is 0. The van der Waals surface area contributed by atoms with E-state index in [-0.39, 0.29) is 26.8 Å². The first-order chi connectivity index (χ1) is 21.1. The SMILES string of the molecule is CC(C)c1ccnc(-c2[c-]cc3c4c2Oc2ccccc2B4c2ccccc2O3)c1.Cc1ccc(-c2[c-]cccc2)nc1.[Ir]. The van der Waals surface area contributed by atoms with E-state index in [0.717, 1.165) is 61.9 Å². The topological polar surface area (TPSA) is 44.2 Å². The molecule has 2 aromatic heterocycles. The van der Waals surface area contributed by atoms with Gasteiger partial charge >= 0.3 is 0 Å². The van der Waals surface area contributed by atoms with Crippen LogP contribution in [0.5, 0.6) is 23.0 Å². The van der Waals surface area contributed by atoms with Crippen LogP contribution in [0.15, 0.2) is 116 Å². The van der Waals surface area contributed by atoms with Gasteiger partial charge in [0.2, 0.25) is 6.71 Å². The zero-order valence-electron chi connectivity index (χ0n) is 24.7. The molecule has 44 heavy (non-hydrogen) atoms. The summed E-state index contributed by atoms with van der Waals surface area (Å²) in [4.78, 5) is 8.96. The van der Waals surface area contributed by atoms with Crippen molar-refractivity contribution in [1.29, 1.82) is 0 Å². The van der Waals surface area contributed by atoms with Crippen LogP contribution in [0.4, 0.5) is 0 Å². The smallest absolute Gasteiger partial charge is 0.239 e. The van der Waals surface area contributed by atoms with E-state index in [2.05, 4.69) is 78.4 Å². The predicted molar refractivity (Wildman–Crippen MR) is 174 cm³/mol. The molecule has 2 aliphatic rings. The monoisotopic (exact) mass is 749 g/mol. The predicted octanol–water partition coefficient (Wildman–Crippen LogP) is 7.25. The fourth-order valence-corrected chi connectivity index (χ4v) is 5.64. The number of hydrogen-bond donors (Lipinski definition) is 0. The summed E-state index contributed by atoms with van der Waals surface area (Å²) >= 11 is 0. The van der Waals surface area contributed by atoms with E-state index in [1.807, 2.05) is 80.0 Å². The van der Waals surface area contributed by atoms with Gasteiger partial charge in [-0.2, -0.15) is 0 Å². The zero-order chi connectivity index (χ0) is 29.3. The Morgan fingerprint density at radius 1 is 0.727 bits per heavy atom. The van der Waals surface area contributed by atoms with E-state index in [4.69, 9.17) is 9.47 Å². The van der Waals surface area contributed by atoms with E-state index in [0.29, 0.717) is 5.92 Å². The summed E-state index contributed by atoms with van der Waals surface area (Å²) in [6.45, 7) is 6.47. The maximum atomic E-state index is 6.47. The second kappa shape index (κ2) is 12.6. The number of rotatable bonds is 3. The molecule has 0 saturated heterocycles. The molecule has 4 aromatic carbocycles. The Bertz CT molecular complexity index is 1920. The number of fused-ring (bicyclic) bond motifs is 4. The van der Waals surface area contributed by atoms with Crippen molar-refractivity contribution in [2.24, 2.45) is 0 Å². The zero-order valence-corrected chi connectivity index (χ0v) is 27.1. The molecule has 0 N–H and O–H groups in total. The van der Waals surface area contributed by atoms with Crippen LogP contribution in [0.3, 0.4) is 0 Å². The number of benzene rings is 4. The summed E-state index contributed by atoms with van der Waals surface area (Å²) in [5, 5.41) is 0. The summed E-state index contributed by atoms with van der Waals surface area (Å²) in [5.41, 5.74) is 9.56. The Morgan fingerprint density at radius 3 is 2.14 bits per heavy atom. The quantitative estimate of drug-likeness (QED) is 0.141. The number of para-hydroxylation sites is 2. The maximum absolute atomic E-state index is 6.47. The molecule has 1 radical (unpaired) electrons. The summed E-state index contributed by atoms with van der Waals surface area (Å²) in [5.74, 6) is 3.77. The van der Waals surface area contributed by atoms with Gasteiger partial charge in [-0.15, -0.1) is 48.0 Å². The van der Waals surface area contributed by atoms with Gasteiger partial charge in [-0.05, 0) is 58.9 Å². The summed E-state index contributed by atoms with van der Waals surface area (Å²) < 4.78 is 12.7. The average Bonchev–Trinajstić information content (AvgIpc) is 3.06. The van der Waals surface area contributed by atoms with Crippen LogP contribution < -0.4 is 25.9 Å². The van der Waals surface area contributed by atoms with Crippen molar-refractivity contribution in [2.75, 3.05) is 0 Å². The molecule has 6 heteroatoms. The molecule has 8 rings (SSSR count). The number of aryl methyl sites for hydroxylation is 1. The number of ether oxygens (including phenoxy) is 2. The molecule has 0 bridgehead atoms. The fourth-order valence-electron chi connectivity index (χ4n) is 5.64. The van der Waals surface area contributed by atoms with E-state index >= 15 is 0 Å². The van der Waals surface area contributed by atoms with Gasteiger partial charge in [-0.3, -0.25) is 0 Å². The average molecular weight is 749 g/mol. The minimum Gasteiger partial charge on any atom is -0.503 e. The van der Waals surface area contributed by atoms with Crippen molar-refractivity contribution in [3.05, 3.63) is 139 Å². The minimum absolute atomic E-state index is 0. The van der Waals surface area contributed by atoms with Crippen LogP contribution in [-0.4, -0.2) is 16.7 Å². The molecule has 0 unspecified atom stereocenters. The summed E-state index contributed by atoms with van der Waals surface area (Å²) in [6, 6.07) is 41.1. The Labute approximate surface area is 272 Å². The molecule has 4 heterocycles. The first-order valence-corrected chi connectivity index (χ1v) is 14.5. The first-order valence-electron chi connectivity index (χ1n) is 14.5. The maximum Gasteiger partial charge on any atom is 0.239 e. The third kappa shape index (κ3) is 5.59. The van der Waals surface area contributed by atoms with Crippen molar-refractivity contribution in [3.63, 3.8) is 0 Å². The molecule has 217 valence electrons. The van der Waals surface area contributed by atoms with E-state index in [1.165, 1.54) is 11.1 Å². The van der Waals surface area contributed by atoms with Crippen molar-refractivity contribution in [1.82, 2.24) is 9.97 Å². The molecule has 0 amide bonds. The normalized spacial score (nSPS) is 11.9. The Kier molecular flexibility index (Phi) is 8.48. The van der Waals surface area contributed by atoms with Crippen molar-refractivity contribution >= 4 is 23.1 Å². The van der Waals surface area contributed by atoms with Gasteiger partial charge < -0.3 is 19.4 Å². The van der Waals surface area contributed by atoms with Crippen molar-refractivity contribution in [2.45, 2.75) is 26.7 Å². The van der Waals surface area contributed by atoms with E-state index < -0.39 is 0 Å². The number of aromatic nitrogens is 2. The van der Waals surface area contributed by atoms with E-state index in [9.17, 15) is 0 Å². The Morgan fingerprint density at radius 2 is 1.45 bits per heavy atom. The van der Waals surface area contributed by atoms with E-state index in [1.54, 1.807) is 0 Å². The molecule has 0 saturated carbocycles. The Balaban J connectivity index is 0.000000207. The van der Waals surface area contributed by atoms with Gasteiger partial charge in [0.05, 0.1) is 0 Å². The number of hydrogen-bond acceptors (Lipinski definition) is 4.